The van der Waals surface area contributed by atoms with Crippen molar-refractivity contribution in [3.05, 3.63) is 42.2 Å². The molecule has 1 aliphatic heterocycles. The largest absolute Gasteiger partial charge is 0.342 e. The molecule has 0 bridgehead atoms. The van der Waals surface area contributed by atoms with E-state index in [1.807, 2.05) is 20.8 Å². The quantitative estimate of drug-likeness (QED) is 0.692. The van der Waals surface area contributed by atoms with E-state index in [1.54, 1.807) is 34.3 Å². The second kappa shape index (κ2) is 9.36. The van der Waals surface area contributed by atoms with Crippen molar-refractivity contribution in [1.29, 1.82) is 0 Å². The van der Waals surface area contributed by atoms with Gasteiger partial charge in [0.2, 0.25) is 5.50 Å². The maximum atomic E-state index is 11.2. The zero-order valence-corrected chi connectivity index (χ0v) is 16.7. The van der Waals surface area contributed by atoms with E-state index in [2.05, 4.69) is 0 Å². The van der Waals surface area contributed by atoms with Crippen LogP contribution in [0.3, 0.4) is 0 Å². The van der Waals surface area contributed by atoms with Crippen LogP contribution in [0.4, 0.5) is 0 Å². The van der Waals surface area contributed by atoms with Gasteiger partial charge in [-0.2, -0.15) is 16.8 Å². The molecule has 10 heteroatoms. The Hall–Kier alpha value is -1.62. The van der Waals surface area contributed by atoms with Crippen LogP contribution in [0.5, 0.6) is 0 Å². The summed E-state index contributed by atoms with van der Waals surface area (Å²) in [7, 11) is -8.07. The molecule has 1 aliphatic rings. The number of hydrogen-bond acceptors (Lipinski definition) is 6. The molecule has 0 saturated carbocycles. The van der Waals surface area contributed by atoms with Gasteiger partial charge in [-0.3, -0.25) is 9.11 Å². The molecule has 0 spiro atoms. The monoisotopic (exact) mass is 406 g/mol. The second-order valence-electron chi connectivity index (χ2n) is 5.85. The van der Waals surface area contributed by atoms with Crippen molar-refractivity contribution in [3.63, 3.8) is 0 Å². The highest BCUT2D eigenvalue weighted by Gasteiger charge is 2.35. The molecule has 0 aromatic heterocycles. The zero-order valence-electron chi connectivity index (χ0n) is 15.1. The van der Waals surface area contributed by atoms with Crippen LogP contribution in [0.15, 0.2) is 41.6 Å². The van der Waals surface area contributed by atoms with E-state index in [0.29, 0.717) is 13.1 Å². The summed E-state index contributed by atoms with van der Waals surface area (Å²) in [5.74, 6) is 0. The third-order valence-corrected chi connectivity index (χ3v) is 5.68. The Balaban J connectivity index is 0.000000273. The summed E-state index contributed by atoms with van der Waals surface area (Å²) in [4.78, 5) is 3.19. The predicted molar refractivity (Wildman–Crippen MR) is 99.5 cm³/mol. The topological polar surface area (TPSA) is 115 Å². The first-order valence-corrected chi connectivity index (χ1v) is 11.1. The Labute approximate surface area is 155 Å². The van der Waals surface area contributed by atoms with Crippen molar-refractivity contribution < 1.29 is 25.9 Å². The molecule has 1 atom stereocenters. The van der Waals surface area contributed by atoms with Gasteiger partial charge in [0.15, 0.2) is 0 Å². The predicted octanol–water partition coefficient (Wildman–Crippen LogP) is 2.31. The molecule has 0 radical (unpaired) electrons. The van der Waals surface area contributed by atoms with Crippen molar-refractivity contribution in [1.82, 2.24) is 9.80 Å². The highest BCUT2D eigenvalue weighted by Crippen LogP contribution is 2.20. The molecule has 2 N–H and O–H groups in total. The second-order valence-corrected chi connectivity index (χ2v) is 8.72. The Kier molecular flexibility index (Phi) is 8.07. The lowest BCUT2D eigenvalue weighted by Gasteiger charge is -2.29. The minimum atomic E-state index is -4.05. The first-order chi connectivity index (χ1) is 12.0. The summed E-state index contributed by atoms with van der Waals surface area (Å²) >= 11 is 0. The van der Waals surface area contributed by atoms with Crippen molar-refractivity contribution in [2.24, 2.45) is 0 Å². The lowest BCUT2D eigenvalue weighted by molar-refractivity contribution is 0.212. The van der Waals surface area contributed by atoms with E-state index in [-0.39, 0.29) is 4.90 Å². The first-order valence-electron chi connectivity index (χ1n) is 8.21. The van der Waals surface area contributed by atoms with Crippen LogP contribution in [0.25, 0.3) is 0 Å². The maximum absolute atomic E-state index is 11.2. The Morgan fingerprint density at radius 2 is 1.50 bits per heavy atom. The van der Waals surface area contributed by atoms with E-state index >= 15 is 0 Å². The van der Waals surface area contributed by atoms with Gasteiger partial charge >= 0.3 is 10.1 Å². The van der Waals surface area contributed by atoms with E-state index in [1.165, 1.54) is 12.1 Å². The fourth-order valence-electron chi connectivity index (χ4n) is 2.35. The molecule has 1 aromatic carbocycles. The van der Waals surface area contributed by atoms with Gasteiger partial charge in [-0.25, -0.2) is 0 Å². The molecule has 26 heavy (non-hydrogen) atoms. The number of benzene rings is 1. The average molecular weight is 407 g/mol. The van der Waals surface area contributed by atoms with Crippen molar-refractivity contribution in [2.75, 3.05) is 13.1 Å². The van der Waals surface area contributed by atoms with Gasteiger partial charge in [0.05, 0.1) is 4.90 Å². The van der Waals surface area contributed by atoms with Crippen molar-refractivity contribution >= 4 is 20.2 Å². The van der Waals surface area contributed by atoms with Gasteiger partial charge in [0.1, 0.15) is 0 Å². The molecule has 1 heterocycles. The number of hydrogen-bond donors (Lipinski definition) is 2. The van der Waals surface area contributed by atoms with Gasteiger partial charge in [-0.05, 0) is 32.4 Å². The molecule has 1 unspecified atom stereocenters. The molecule has 2 rings (SSSR count). The Morgan fingerprint density at radius 3 is 1.92 bits per heavy atom. The lowest BCUT2D eigenvalue weighted by Crippen LogP contribution is -2.44. The Bertz CT molecular complexity index is 804. The first kappa shape index (κ1) is 22.4. The molecule has 148 valence electrons. The summed E-state index contributed by atoms with van der Waals surface area (Å²) in [6.45, 7) is 6.94. The smallest absolute Gasteiger partial charge is 0.306 e. The highest BCUT2D eigenvalue weighted by atomic mass is 32.2. The van der Waals surface area contributed by atoms with E-state index < -0.39 is 25.7 Å². The summed E-state index contributed by atoms with van der Waals surface area (Å²) in [6.07, 6.45) is 5.33. The third-order valence-electron chi connectivity index (χ3n) is 3.74. The third kappa shape index (κ3) is 6.60. The molecule has 0 saturated heterocycles. The fraction of sp³-hybridized carbons (Fsp3) is 0.500. The standard InChI is InChI=1S/C9H18N2O3S.C7H8O3S/c1-3-5-6-11-8-7-10(4-2)9(11)15(12,13)14;1-6-2-4-7(5-3-6)11(8,9)10/h7-9H,3-6H2,1-2H3,(H,12,13,14);2-5H,1H3,(H,8,9,10). The van der Waals surface area contributed by atoms with E-state index in [0.717, 1.165) is 18.4 Å². The molecule has 8 nitrogen and oxygen atoms in total. The average Bonchev–Trinajstić information content (AvgIpc) is 2.96. The molecule has 0 amide bonds. The van der Waals surface area contributed by atoms with E-state index in [9.17, 15) is 16.8 Å². The number of rotatable bonds is 6. The minimum absolute atomic E-state index is 0.0666. The Morgan fingerprint density at radius 1 is 0.962 bits per heavy atom. The maximum Gasteiger partial charge on any atom is 0.306 e. The summed E-state index contributed by atoms with van der Waals surface area (Å²) < 4.78 is 61.1. The summed E-state index contributed by atoms with van der Waals surface area (Å²) in [5, 5.41) is 0. The summed E-state index contributed by atoms with van der Waals surface area (Å²) in [5.41, 5.74) is 0.0199. The van der Waals surface area contributed by atoms with Crippen LogP contribution in [0.1, 0.15) is 32.3 Å². The highest BCUT2D eigenvalue weighted by molar-refractivity contribution is 7.86. The molecule has 1 aromatic rings. The zero-order chi connectivity index (χ0) is 20.0. The van der Waals surface area contributed by atoms with Gasteiger partial charge in [-0.1, -0.05) is 31.0 Å². The summed E-state index contributed by atoms with van der Waals surface area (Å²) in [6, 6.07) is 5.99. The molecular weight excluding hydrogens is 380 g/mol. The molecular formula is C16H26N2O6S2. The van der Waals surface area contributed by atoms with Crippen LogP contribution >= 0.6 is 0 Å². The normalized spacial score (nSPS) is 17.2. The number of aryl methyl sites for hydroxylation is 1. The van der Waals surface area contributed by atoms with Crippen LogP contribution < -0.4 is 0 Å². The van der Waals surface area contributed by atoms with E-state index in [4.69, 9.17) is 9.11 Å². The molecule has 0 fully saturated rings. The van der Waals surface area contributed by atoms with Gasteiger partial charge in [0, 0.05) is 25.5 Å². The fourth-order valence-corrected chi connectivity index (χ4v) is 3.91. The molecule has 0 aliphatic carbocycles. The number of unbranched alkanes of at least 4 members (excludes halogenated alkanes) is 1. The van der Waals surface area contributed by atoms with Crippen LogP contribution in [-0.4, -0.2) is 54.3 Å². The number of nitrogens with zero attached hydrogens (tertiary/aromatic N) is 2. The van der Waals surface area contributed by atoms with Crippen LogP contribution in [0, 0.1) is 6.92 Å². The van der Waals surface area contributed by atoms with Crippen LogP contribution in [0.2, 0.25) is 0 Å². The van der Waals surface area contributed by atoms with Gasteiger partial charge in [0.25, 0.3) is 10.1 Å². The van der Waals surface area contributed by atoms with Crippen molar-refractivity contribution in [3.8, 4) is 0 Å². The lowest BCUT2D eigenvalue weighted by atomic mass is 10.2. The van der Waals surface area contributed by atoms with Gasteiger partial charge < -0.3 is 9.80 Å². The van der Waals surface area contributed by atoms with Gasteiger partial charge in [-0.15, -0.1) is 0 Å². The van der Waals surface area contributed by atoms with Crippen LogP contribution in [-0.2, 0) is 20.2 Å². The van der Waals surface area contributed by atoms with Crippen molar-refractivity contribution in [2.45, 2.75) is 44.0 Å². The SMILES string of the molecule is CCCCN1C=CN(CC)C1S(=O)(=O)O.Cc1ccc(S(=O)(=O)O)cc1. The minimum Gasteiger partial charge on any atom is -0.342 e.